The van der Waals surface area contributed by atoms with Gasteiger partial charge in [0.25, 0.3) is 5.91 Å². The predicted octanol–water partition coefficient (Wildman–Crippen LogP) is 4.12. The van der Waals surface area contributed by atoms with Gasteiger partial charge in [0.05, 0.1) is 69.5 Å². The zero-order chi connectivity index (χ0) is 30.6. The van der Waals surface area contributed by atoms with Crippen molar-refractivity contribution < 1.29 is 34.1 Å². The van der Waals surface area contributed by atoms with E-state index in [0.29, 0.717) is 36.3 Å². The van der Waals surface area contributed by atoms with Crippen LogP contribution in [0.25, 0.3) is 0 Å². The number of nitrogens with one attached hydrogen (secondary N) is 2. The van der Waals surface area contributed by atoms with Gasteiger partial charge in [-0.2, -0.15) is 10.1 Å². The molecule has 1 aliphatic heterocycles. The molecule has 0 saturated carbocycles. The first-order chi connectivity index (χ1) is 19.1. The van der Waals surface area contributed by atoms with Gasteiger partial charge in [-0.1, -0.05) is 46.4 Å². The molecule has 2 aromatic rings. The molecule has 1 fully saturated rings. The number of halogens is 4. The summed E-state index contributed by atoms with van der Waals surface area (Å²) in [5.74, 6) is -1.99. The molecule has 0 radical (unpaired) electrons. The number of nitrogens with zero attached hydrogens (tertiary/aromatic N) is 4. The Kier molecular flexibility index (Phi) is 10.8. The van der Waals surface area contributed by atoms with Crippen molar-refractivity contribution in [3.8, 4) is 0 Å². The first-order valence-corrected chi connectivity index (χ1v) is 13.7. The van der Waals surface area contributed by atoms with Crippen LogP contribution in [0.2, 0.25) is 20.1 Å². The Hall–Kier alpha value is -2.68. The molecule has 0 spiro atoms. The number of carbonyl (C=O) groups is 4. The zero-order valence-corrected chi connectivity index (χ0v) is 25.4. The van der Waals surface area contributed by atoms with E-state index in [1.54, 1.807) is 0 Å². The molecule has 4 N–H and O–H groups in total. The highest BCUT2D eigenvalue weighted by Crippen LogP contribution is 2.36. The number of quaternary nitrogens is 1. The molecule has 1 heterocycles. The number of piperazine rings is 1. The summed E-state index contributed by atoms with van der Waals surface area (Å²) in [6.45, 7) is 4.24. The highest BCUT2D eigenvalue weighted by Gasteiger charge is 2.34. The number of hydroxylamine groups is 2. The monoisotopic (exact) mass is 649 g/mol. The summed E-state index contributed by atoms with van der Waals surface area (Å²) in [4.78, 5) is 50.1. The maximum atomic E-state index is 12.9. The van der Waals surface area contributed by atoms with Crippen molar-refractivity contribution in [2.24, 2.45) is 0 Å². The second-order valence-electron chi connectivity index (χ2n) is 9.84. The lowest BCUT2D eigenvalue weighted by Gasteiger charge is -2.41. The highest BCUT2D eigenvalue weighted by molar-refractivity contribution is 6.41. The molecular weight excluding hydrogens is 622 g/mol. The fraction of sp³-hybridized carbons (Fsp3) is 0.360. The van der Waals surface area contributed by atoms with Crippen molar-refractivity contribution in [2.75, 3.05) is 67.1 Å². The van der Waals surface area contributed by atoms with Crippen LogP contribution in [0.5, 0.6) is 0 Å². The number of hydrogen-bond donors (Lipinski definition) is 4. The van der Waals surface area contributed by atoms with E-state index in [9.17, 15) is 29.6 Å². The van der Waals surface area contributed by atoms with Gasteiger partial charge in [0.2, 0.25) is 11.8 Å². The summed E-state index contributed by atoms with van der Waals surface area (Å²) in [6, 6.07) is 5.24. The molecule has 3 rings (SSSR count). The SMILES string of the molecule is CC(=O)Nc1c(Cl)cc(N(O)C(=O)CN2CC[N+](C)(CC(=O)N(O)c3cc(Cl)c(NC(C)=O)c(Cl)c3)CC2)cc1Cl. The Morgan fingerprint density at radius 3 is 1.51 bits per heavy atom. The number of amides is 4. The molecule has 0 aliphatic carbocycles. The molecule has 222 valence electrons. The van der Waals surface area contributed by atoms with Gasteiger partial charge >= 0.3 is 5.91 Å². The van der Waals surface area contributed by atoms with E-state index in [2.05, 4.69) is 10.6 Å². The third-order valence-electron chi connectivity index (χ3n) is 6.41. The Labute approximate surface area is 256 Å². The van der Waals surface area contributed by atoms with E-state index in [1.807, 2.05) is 11.9 Å². The summed E-state index contributed by atoms with van der Waals surface area (Å²) in [7, 11) is 1.85. The minimum atomic E-state index is -0.630. The Balaban J connectivity index is 1.58. The number of anilines is 4. The second-order valence-corrected chi connectivity index (χ2v) is 11.5. The smallest absolute Gasteiger partial charge is 0.305 e. The molecule has 16 heteroatoms. The van der Waals surface area contributed by atoms with E-state index >= 15 is 0 Å². The summed E-state index contributed by atoms with van der Waals surface area (Å²) in [5, 5.41) is 27.1. The van der Waals surface area contributed by atoms with Crippen molar-refractivity contribution in [1.29, 1.82) is 0 Å². The largest absolute Gasteiger partial charge is 0.324 e. The molecule has 0 atom stereocenters. The van der Waals surface area contributed by atoms with Crippen LogP contribution in [0.15, 0.2) is 24.3 Å². The minimum absolute atomic E-state index is 0.0377. The minimum Gasteiger partial charge on any atom is -0.324 e. The standard InChI is InChI=1S/C25H28Cl4N6O6/c1-14(36)30-24-18(26)8-16(9-19(24)27)33(40)22(38)12-32-4-6-35(3,7-5-32)13-23(39)34(41)17-10-20(28)25(21(29)11-17)31-15(2)37/h8-11,40-41H,4-7,12-13H2,1-3H3,(H-,30,31,36,37)/p+1. The molecule has 2 aromatic carbocycles. The molecule has 1 aliphatic rings. The van der Waals surface area contributed by atoms with Crippen molar-refractivity contribution in [3.63, 3.8) is 0 Å². The van der Waals surface area contributed by atoms with E-state index in [1.165, 1.54) is 38.1 Å². The van der Waals surface area contributed by atoms with Crippen LogP contribution in [-0.4, -0.2) is 89.7 Å². The first kappa shape index (κ1) is 32.8. The van der Waals surface area contributed by atoms with Gasteiger partial charge in [0.15, 0.2) is 6.54 Å². The van der Waals surface area contributed by atoms with Crippen LogP contribution in [0.4, 0.5) is 22.7 Å². The van der Waals surface area contributed by atoms with Gasteiger partial charge in [-0.3, -0.25) is 34.5 Å². The van der Waals surface area contributed by atoms with Crippen molar-refractivity contribution in [2.45, 2.75) is 13.8 Å². The fourth-order valence-corrected chi connectivity index (χ4v) is 5.34. The van der Waals surface area contributed by atoms with Crippen LogP contribution in [0, 0.1) is 0 Å². The van der Waals surface area contributed by atoms with Crippen LogP contribution in [-0.2, 0) is 19.2 Å². The van der Waals surface area contributed by atoms with Crippen LogP contribution < -0.4 is 20.8 Å². The van der Waals surface area contributed by atoms with E-state index < -0.39 is 11.8 Å². The molecular formula is C25H29Cl4N6O6+. The lowest BCUT2D eigenvalue weighted by atomic mass is 10.2. The van der Waals surface area contributed by atoms with Gasteiger partial charge in [0, 0.05) is 26.9 Å². The molecule has 1 saturated heterocycles. The van der Waals surface area contributed by atoms with E-state index in [0.717, 1.165) is 0 Å². The Morgan fingerprint density at radius 1 is 0.780 bits per heavy atom. The topological polar surface area (TPSA) is 143 Å². The number of hydrogen-bond acceptors (Lipinski definition) is 7. The summed E-state index contributed by atoms with van der Waals surface area (Å²) < 4.78 is 0.282. The Morgan fingerprint density at radius 2 is 1.15 bits per heavy atom. The molecule has 0 aromatic heterocycles. The Bertz CT molecular complexity index is 1320. The third kappa shape index (κ3) is 8.43. The average molecular weight is 651 g/mol. The fourth-order valence-electron chi connectivity index (χ4n) is 4.20. The predicted molar refractivity (Wildman–Crippen MR) is 157 cm³/mol. The number of rotatable bonds is 8. The highest BCUT2D eigenvalue weighted by atomic mass is 35.5. The van der Waals surface area contributed by atoms with Crippen molar-refractivity contribution >= 4 is 92.8 Å². The summed E-state index contributed by atoms with van der Waals surface area (Å²) >= 11 is 24.7. The zero-order valence-electron chi connectivity index (χ0n) is 22.4. The molecule has 0 bridgehead atoms. The van der Waals surface area contributed by atoms with Crippen LogP contribution >= 0.6 is 46.4 Å². The molecule has 4 amide bonds. The van der Waals surface area contributed by atoms with Gasteiger partial charge in [0.1, 0.15) is 0 Å². The third-order valence-corrected chi connectivity index (χ3v) is 7.60. The second kappa shape index (κ2) is 13.5. The van der Waals surface area contributed by atoms with Gasteiger partial charge in [-0.25, -0.2) is 0 Å². The lowest BCUT2D eigenvalue weighted by molar-refractivity contribution is -0.906. The van der Waals surface area contributed by atoms with Gasteiger partial charge in [-0.05, 0) is 24.3 Å². The average Bonchev–Trinajstić information content (AvgIpc) is 2.88. The van der Waals surface area contributed by atoms with E-state index in [4.69, 9.17) is 46.4 Å². The van der Waals surface area contributed by atoms with Gasteiger partial charge in [-0.15, -0.1) is 0 Å². The van der Waals surface area contributed by atoms with Crippen LogP contribution in [0.3, 0.4) is 0 Å². The molecule has 41 heavy (non-hydrogen) atoms. The maximum Gasteiger partial charge on any atom is 0.305 e. The number of benzene rings is 2. The normalized spacial score (nSPS) is 14.8. The first-order valence-electron chi connectivity index (χ1n) is 12.2. The molecule has 12 nitrogen and oxygen atoms in total. The summed E-state index contributed by atoms with van der Waals surface area (Å²) in [5.41, 5.74) is 0.423. The molecule has 0 unspecified atom stereocenters. The number of likely N-dealkylation sites (N-methyl/N-ethyl adjacent to an activating group) is 1. The lowest BCUT2D eigenvalue weighted by Crippen LogP contribution is -2.61. The maximum absolute atomic E-state index is 12.9. The quantitative estimate of drug-likeness (QED) is 0.191. The van der Waals surface area contributed by atoms with Crippen molar-refractivity contribution in [3.05, 3.63) is 44.4 Å². The van der Waals surface area contributed by atoms with E-state index in [-0.39, 0.29) is 72.2 Å². The van der Waals surface area contributed by atoms with Crippen LogP contribution in [0.1, 0.15) is 13.8 Å². The van der Waals surface area contributed by atoms with Gasteiger partial charge < -0.3 is 15.1 Å². The van der Waals surface area contributed by atoms with Crippen molar-refractivity contribution in [1.82, 2.24) is 4.90 Å². The summed E-state index contributed by atoms with van der Waals surface area (Å²) in [6.07, 6.45) is 0. The number of carbonyl (C=O) groups excluding carboxylic acids is 4.